The lowest BCUT2D eigenvalue weighted by Crippen LogP contribution is -2.16. The molecule has 0 aliphatic rings. The first-order valence-electron chi connectivity index (χ1n) is 5.49. The highest BCUT2D eigenvalue weighted by atomic mass is 35.5. The Labute approximate surface area is 125 Å². The number of nitrogens with one attached hydrogen (secondary N) is 1. The van der Waals surface area contributed by atoms with E-state index in [1.807, 2.05) is 0 Å². The molecule has 2 aromatic rings. The van der Waals surface area contributed by atoms with Crippen LogP contribution in [0.2, 0.25) is 0 Å². The summed E-state index contributed by atoms with van der Waals surface area (Å²) in [5.41, 5.74) is -1.30. The van der Waals surface area contributed by atoms with Crippen molar-refractivity contribution in [1.29, 1.82) is 0 Å². The van der Waals surface area contributed by atoms with Crippen LogP contribution in [0.4, 0.5) is 22.7 Å². The lowest BCUT2D eigenvalue weighted by Gasteiger charge is -2.09. The topological polar surface area (TPSA) is 42.0 Å². The zero-order chi connectivity index (χ0) is 15.6. The monoisotopic (exact) mass is 338 g/mol. The number of nitrogens with zero attached hydrogens (tertiary/aromatic N) is 1. The van der Waals surface area contributed by atoms with E-state index >= 15 is 0 Å². The second-order valence-electron chi connectivity index (χ2n) is 3.92. The van der Waals surface area contributed by atoms with Crippen LogP contribution >= 0.6 is 22.9 Å². The predicted octanol–water partition coefficient (Wildman–Crippen LogP) is 4.29. The van der Waals surface area contributed by atoms with Crippen molar-refractivity contribution in [3.8, 4) is 0 Å². The molecule has 9 heteroatoms. The molecular formula is C12H7ClF4N2OS. The van der Waals surface area contributed by atoms with Gasteiger partial charge in [-0.15, -0.1) is 22.9 Å². The third kappa shape index (κ3) is 3.70. The summed E-state index contributed by atoms with van der Waals surface area (Å²) in [6.45, 7) is 0. The number of rotatable bonds is 3. The molecule has 1 heterocycles. The van der Waals surface area contributed by atoms with E-state index in [1.165, 1.54) is 0 Å². The van der Waals surface area contributed by atoms with Gasteiger partial charge in [0.1, 0.15) is 5.82 Å². The molecule has 0 saturated heterocycles. The molecule has 0 bridgehead atoms. The molecule has 0 saturated carbocycles. The minimum absolute atomic E-state index is 0.129. The molecule has 0 fully saturated rings. The van der Waals surface area contributed by atoms with Crippen molar-refractivity contribution in [3.63, 3.8) is 0 Å². The van der Waals surface area contributed by atoms with Gasteiger partial charge < -0.3 is 0 Å². The molecule has 1 N–H and O–H groups in total. The molecule has 0 unspecified atom stereocenters. The summed E-state index contributed by atoms with van der Waals surface area (Å²) in [4.78, 5) is 15.7. The smallest absolute Gasteiger partial charge is 0.298 e. The van der Waals surface area contributed by atoms with E-state index in [0.717, 1.165) is 11.3 Å². The first-order chi connectivity index (χ1) is 9.81. The molecule has 0 atom stereocenters. The van der Waals surface area contributed by atoms with Gasteiger partial charge in [0.05, 0.1) is 22.7 Å². The summed E-state index contributed by atoms with van der Waals surface area (Å²) in [5.74, 6) is -1.92. The molecule has 1 amide bonds. The third-order valence-electron chi connectivity index (χ3n) is 2.45. The van der Waals surface area contributed by atoms with Crippen LogP contribution in [0, 0.1) is 5.82 Å². The van der Waals surface area contributed by atoms with E-state index < -0.39 is 29.0 Å². The second-order valence-corrected chi connectivity index (χ2v) is 5.05. The van der Waals surface area contributed by atoms with E-state index in [1.54, 1.807) is 5.38 Å². The fraction of sp³-hybridized carbons (Fsp3) is 0.167. The summed E-state index contributed by atoms with van der Waals surface area (Å²) in [6, 6.07) is 1.63. The molecule has 1 aromatic carbocycles. The second kappa shape index (κ2) is 5.98. The third-order valence-corrected chi connectivity index (χ3v) is 3.53. The van der Waals surface area contributed by atoms with Gasteiger partial charge in [-0.25, -0.2) is 9.37 Å². The minimum Gasteiger partial charge on any atom is -0.298 e. The molecule has 0 aliphatic heterocycles. The number of hydrogen-bond acceptors (Lipinski definition) is 3. The first-order valence-corrected chi connectivity index (χ1v) is 6.91. The molecule has 0 spiro atoms. The van der Waals surface area contributed by atoms with Gasteiger partial charge in [0.25, 0.3) is 5.91 Å². The van der Waals surface area contributed by atoms with Crippen LogP contribution in [0.1, 0.15) is 21.6 Å². The minimum atomic E-state index is -4.66. The average Bonchev–Trinajstić information content (AvgIpc) is 2.85. The van der Waals surface area contributed by atoms with Gasteiger partial charge in [-0.05, 0) is 18.2 Å². The molecule has 3 nitrogen and oxygen atoms in total. The van der Waals surface area contributed by atoms with Gasteiger partial charge in [0, 0.05) is 5.38 Å². The van der Waals surface area contributed by atoms with Crippen LogP contribution < -0.4 is 5.32 Å². The van der Waals surface area contributed by atoms with Gasteiger partial charge in [-0.3, -0.25) is 10.1 Å². The largest absolute Gasteiger partial charge is 0.416 e. The standard InChI is InChI=1S/C12H7ClF4N2OS/c13-4-7-5-21-11(18-7)19-10(20)8-3-6(12(15,16)17)1-2-9(8)14/h1-3,5H,4H2,(H,18,19,20). The van der Waals surface area contributed by atoms with Crippen LogP contribution in [0.5, 0.6) is 0 Å². The summed E-state index contributed by atoms with van der Waals surface area (Å²) in [7, 11) is 0. The summed E-state index contributed by atoms with van der Waals surface area (Å²) in [6.07, 6.45) is -4.66. The number of halogens is 5. The van der Waals surface area contributed by atoms with Crippen molar-refractivity contribution < 1.29 is 22.4 Å². The van der Waals surface area contributed by atoms with Crippen molar-refractivity contribution in [3.05, 3.63) is 46.2 Å². The molecular weight excluding hydrogens is 332 g/mol. The SMILES string of the molecule is O=C(Nc1nc(CCl)cs1)c1cc(C(F)(F)F)ccc1F. The van der Waals surface area contributed by atoms with Crippen LogP contribution in [-0.4, -0.2) is 10.9 Å². The highest BCUT2D eigenvalue weighted by Crippen LogP contribution is 2.30. The number of hydrogen-bond donors (Lipinski definition) is 1. The Morgan fingerprint density at radius 3 is 2.67 bits per heavy atom. The van der Waals surface area contributed by atoms with Crippen molar-refractivity contribution in [2.75, 3.05) is 5.32 Å². The van der Waals surface area contributed by atoms with Gasteiger partial charge in [0.2, 0.25) is 0 Å². The number of anilines is 1. The van der Waals surface area contributed by atoms with E-state index in [-0.39, 0.29) is 11.0 Å². The van der Waals surface area contributed by atoms with E-state index in [2.05, 4.69) is 10.3 Å². The van der Waals surface area contributed by atoms with E-state index in [0.29, 0.717) is 23.9 Å². The summed E-state index contributed by atoms with van der Waals surface area (Å²) in [5, 5.41) is 3.94. The molecule has 1 aromatic heterocycles. The van der Waals surface area contributed by atoms with Gasteiger partial charge in [-0.2, -0.15) is 13.2 Å². The zero-order valence-corrected chi connectivity index (χ0v) is 11.7. The Morgan fingerprint density at radius 1 is 1.38 bits per heavy atom. The van der Waals surface area contributed by atoms with Crippen molar-refractivity contribution >= 4 is 34.0 Å². The van der Waals surface area contributed by atoms with E-state index in [4.69, 9.17) is 11.6 Å². The first kappa shape index (κ1) is 15.7. The summed E-state index contributed by atoms with van der Waals surface area (Å²) >= 11 is 6.58. The van der Waals surface area contributed by atoms with Crippen LogP contribution in [0.15, 0.2) is 23.6 Å². The van der Waals surface area contributed by atoms with Crippen molar-refractivity contribution in [1.82, 2.24) is 4.98 Å². The Hall–Kier alpha value is -1.67. The maximum Gasteiger partial charge on any atom is 0.416 e. The number of thiazole rings is 1. The Bertz CT molecular complexity index is 672. The highest BCUT2D eigenvalue weighted by Gasteiger charge is 2.32. The lowest BCUT2D eigenvalue weighted by atomic mass is 10.1. The zero-order valence-electron chi connectivity index (χ0n) is 10.2. The summed E-state index contributed by atoms with van der Waals surface area (Å²) < 4.78 is 51.2. The quantitative estimate of drug-likeness (QED) is 0.670. The van der Waals surface area contributed by atoms with Gasteiger partial charge in [0.15, 0.2) is 5.13 Å². The number of amides is 1. The molecule has 0 radical (unpaired) electrons. The number of benzene rings is 1. The fourth-order valence-corrected chi connectivity index (χ4v) is 2.40. The van der Waals surface area contributed by atoms with Gasteiger partial charge >= 0.3 is 6.18 Å². The normalized spacial score (nSPS) is 11.5. The Balaban J connectivity index is 2.26. The molecule has 21 heavy (non-hydrogen) atoms. The Morgan fingerprint density at radius 2 is 2.10 bits per heavy atom. The van der Waals surface area contributed by atoms with Crippen LogP contribution in [-0.2, 0) is 12.1 Å². The number of aromatic nitrogens is 1. The van der Waals surface area contributed by atoms with E-state index in [9.17, 15) is 22.4 Å². The molecule has 2 rings (SSSR count). The Kier molecular flexibility index (Phi) is 4.48. The van der Waals surface area contributed by atoms with Crippen LogP contribution in [0.25, 0.3) is 0 Å². The van der Waals surface area contributed by atoms with Gasteiger partial charge in [-0.1, -0.05) is 0 Å². The average molecular weight is 339 g/mol. The number of carbonyl (C=O) groups is 1. The maximum absolute atomic E-state index is 13.5. The van der Waals surface area contributed by atoms with Crippen molar-refractivity contribution in [2.24, 2.45) is 0 Å². The molecule has 0 aliphatic carbocycles. The fourth-order valence-electron chi connectivity index (χ4n) is 1.47. The molecule has 112 valence electrons. The number of carbonyl (C=O) groups excluding carboxylic acids is 1. The number of alkyl halides is 4. The highest BCUT2D eigenvalue weighted by molar-refractivity contribution is 7.14. The van der Waals surface area contributed by atoms with Crippen LogP contribution in [0.3, 0.4) is 0 Å². The predicted molar refractivity (Wildman–Crippen MR) is 71.0 cm³/mol. The van der Waals surface area contributed by atoms with Crippen molar-refractivity contribution in [2.45, 2.75) is 12.1 Å². The maximum atomic E-state index is 13.5. The lowest BCUT2D eigenvalue weighted by molar-refractivity contribution is -0.137.